The Morgan fingerprint density at radius 1 is 1.14 bits per heavy atom. The second-order valence-corrected chi connectivity index (χ2v) is 9.26. The number of aliphatic hydroxyl groups is 1. The molecule has 0 spiro atoms. The van der Waals surface area contributed by atoms with Crippen molar-refractivity contribution in [2.24, 2.45) is 11.0 Å². The van der Waals surface area contributed by atoms with Crippen molar-refractivity contribution in [3.8, 4) is 11.4 Å². The monoisotopic (exact) mass is 499 g/mol. The molecule has 2 aromatic carbocycles. The van der Waals surface area contributed by atoms with Crippen LogP contribution in [0.3, 0.4) is 0 Å². The van der Waals surface area contributed by atoms with Crippen LogP contribution in [0.15, 0.2) is 66.0 Å². The fourth-order valence-electron chi connectivity index (χ4n) is 4.42. The van der Waals surface area contributed by atoms with Crippen molar-refractivity contribution in [2.45, 2.75) is 40.0 Å². The molecule has 1 aliphatic heterocycles. The number of anilines is 2. The summed E-state index contributed by atoms with van der Waals surface area (Å²) in [6, 6.07) is 16.4. The molecule has 0 bridgehead atoms. The van der Waals surface area contributed by atoms with E-state index in [0.717, 1.165) is 55.2 Å². The van der Waals surface area contributed by atoms with Crippen LogP contribution in [0.1, 0.15) is 37.5 Å². The van der Waals surface area contributed by atoms with Gasteiger partial charge in [-0.25, -0.2) is 9.97 Å². The number of hydrazone groups is 1. The van der Waals surface area contributed by atoms with E-state index in [9.17, 15) is 5.11 Å². The van der Waals surface area contributed by atoms with Gasteiger partial charge in [-0.05, 0) is 66.9 Å². The van der Waals surface area contributed by atoms with Crippen LogP contribution in [-0.2, 0) is 13.0 Å². The molecule has 0 amide bonds. The molecule has 0 radical (unpaired) electrons. The Morgan fingerprint density at radius 3 is 2.76 bits per heavy atom. The van der Waals surface area contributed by atoms with Gasteiger partial charge in [-0.2, -0.15) is 5.10 Å². The topological polar surface area (TPSA) is 97.7 Å². The van der Waals surface area contributed by atoms with E-state index in [0.29, 0.717) is 5.82 Å². The average Bonchev–Trinajstić information content (AvgIpc) is 2.94. The standard InChI is InChI=1S/C29H37N7O/c1-4-30-19-21(3)29(37)36-17-14-23-18-24(8-9-25(23)20-36)28-31-15-13-27(35-28)34-26-10-6-22(7-11-26)12-16-33-32-5-2/h5-13,15-16,18,21,29-30,33,37H,4,14,17,19-20H2,1-3H3,(H,31,34,35)/b16-12+,32-5-. The van der Waals surface area contributed by atoms with E-state index in [2.05, 4.69) is 63.1 Å². The van der Waals surface area contributed by atoms with Gasteiger partial charge < -0.3 is 15.7 Å². The van der Waals surface area contributed by atoms with E-state index >= 15 is 0 Å². The second-order valence-electron chi connectivity index (χ2n) is 9.26. The number of nitrogens with zero attached hydrogens (tertiary/aromatic N) is 4. The van der Waals surface area contributed by atoms with Gasteiger partial charge >= 0.3 is 0 Å². The van der Waals surface area contributed by atoms with Gasteiger partial charge in [0.25, 0.3) is 0 Å². The van der Waals surface area contributed by atoms with E-state index in [1.165, 1.54) is 11.1 Å². The molecule has 8 heteroatoms. The summed E-state index contributed by atoms with van der Waals surface area (Å²) in [5.41, 5.74) is 8.41. The molecule has 0 aliphatic carbocycles. The fraction of sp³-hybridized carbons (Fsp3) is 0.345. The smallest absolute Gasteiger partial charge is 0.161 e. The van der Waals surface area contributed by atoms with E-state index in [1.807, 2.05) is 43.3 Å². The zero-order chi connectivity index (χ0) is 26.0. The van der Waals surface area contributed by atoms with Crippen LogP contribution in [-0.4, -0.2) is 52.1 Å². The summed E-state index contributed by atoms with van der Waals surface area (Å²) in [5.74, 6) is 1.61. The number of hydrogen-bond acceptors (Lipinski definition) is 8. The molecular formula is C29H37N7O. The molecule has 4 rings (SSSR count). The molecule has 1 aromatic heterocycles. The third kappa shape index (κ3) is 7.22. The Kier molecular flexibility index (Phi) is 9.37. The first kappa shape index (κ1) is 26.5. The Hall–Kier alpha value is -3.59. The van der Waals surface area contributed by atoms with Crippen LogP contribution in [0, 0.1) is 5.92 Å². The number of nitrogens with one attached hydrogen (secondary N) is 3. The maximum Gasteiger partial charge on any atom is 0.161 e. The maximum atomic E-state index is 10.8. The summed E-state index contributed by atoms with van der Waals surface area (Å²) < 4.78 is 0. The molecule has 8 nitrogen and oxygen atoms in total. The lowest BCUT2D eigenvalue weighted by Crippen LogP contribution is -2.45. The van der Waals surface area contributed by atoms with Gasteiger partial charge in [0.1, 0.15) is 12.0 Å². The van der Waals surface area contributed by atoms with Crippen molar-refractivity contribution < 1.29 is 5.11 Å². The van der Waals surface area contributed by atoms with E-state index in [4.69, 9.17) is 4.98 Å². The van der Waals surface area contributed by atoms with Crippen molar-refractivity contribution in [2.75, 3.05) is 25.0 Å². The fourth-order valence-corrected chi connectivity index (χ4v) is 4.42. The highest BCUT2D eigenvalue weighted by Crippen LogP contribution is 2.27. The zero-order valence-electron chi connectivity index (χ0n) is 21.9. The van der Waals surface area contributed by atoms with Gasteiger partial charge in [0.15, 0.2) is 5.82 Å². The Balaban J connectivity index is 1.41. The lowest BCUT2D eigenvalue weighted by Gasteiger charge is -2.35. The average molecular weight is 500 g/mol. The van der Waals surface area contributed by atoms with Crippen molar-refractivity contribution >= 4 is 23.8 Å². The highest BCUT2D eigenvalue weighted by molar-refractivity contribution is 5.63. The first-order valence-electron chi connectivity index (χ1n) is 12.9. The molecule has 2 unspecified atom stereocenters. The first-order chi connectivity index (χ1) is 18.1. The molecule has 2 atom stereocenters. The third-order valence-corrected chi connectivity index (χ3v) is 6.50. The molecule has 2 heterocycles. The van der Waals surface area contributed by atoms with Crippen LogP contribution in [0.2, 0.25) is 0 Å². The lowest BCUT2D eigenvalue weighted by atomic mass is 9.95. The molecule has 0 fully saturated rings. The van der Waals surface area contributed by atoms with Crippen LogP contribution in [0.4, 0.5) is 11.5 Å². The van der Waals surface area contributed by atoms with E-state index < -0.39 is 6.23 Å². The van der Waals surface area contributed by atoms with Gasteiger partial charge in [-0.3, -0.25) is 10.3 Å². The normalized spacial score (nSPS) is 15.6. The molecule has 1 aliphatic rings. The first-order valence-corrected chi connectivity index (χ1v) is 12.9. The summed E-state index contributed by atoms with van der Waals surface area (Å²) in [6.45, 7) is 9.36. The minimum absolute atomic E-state index is 0.176. The highest BCUT2D eigenvalue weighted by atomic mass is 16.3. The predicted molar refractivity (Wildman–Crippen MR) is 151 cm³/mol. The Morgan fingerprint density at radius 2 is 1.97 bits per heavy atom. The summed E-state index contributed by atoms with van der Waals surface area (Å²) in [7, 11) is 0. The van der Waals surface area contributed by atoms with E-state index in [1.54, 1.807) is 18.6 Å². The number of fused-ring (bicyclic) bond motifs is 1. The van der Waals surface area contributed by atoms with Crippen molar-refractivity contribution in [3.63, 3.8) is 0 Å². The second kappa shape index (κ2) is 13.1. The molecule has 4 N–H and O–H groups in total. The minimum Gasteiger partial charge on any atom is -0.378 e. The Labute approximate surface area is 219 Å². The quantitative estimate of drug-likeness (QED) is 0.230. The minimum atomic E-state index is -0.449. The van der Waals surface area contributed by atoms with Crippen LogP contribution >= 0.6 is 0 Å². The predicted octanol–water partition coefficient (Wildman–Crippen LogP) is 4.38. The third-order valence-electron chi connectivity index (χ3n) is 6.50. The van der Waals surface area contributed by atoms with Crippen molar-refractivity contribution in [1.82, 2.24) is 25.6 Å². The van der Waals surface area contributed by atoms with E-state index in [-0.39, 0.29) is 5.92 Å². The molecule has 0 saturated heterocycles. The lowest BCUT2D eigenvalue weighted by molar-refractivity contribution is -0.0423. The molecule has 194 valence electrons. The van der Waals surface area contributed by atoms with Crippen LogP contribution < -0.4 is 16.1 Å². The SMILES string of the molecule is C/C=N\N/C=C/c1ccc(Nc2ccnc(-c3ccc4c(c3)CCN(C(O)C(C)CNCC)C4)n2)cc1. The van der Waals surface area contributed by atoms with Gasteiger partial charge in [0.05, 0.1) is 0 Å². The summed E-state index contributed by atoms with van der Waals surface area (Å²) in [5, 5.41) is 21.4. The molecule has 3 aromatic rings. The number of aliphatic hydroxyl groups excluding tert-OH is 1. The number of hydrogen-bond donors (Lipinski definition) is 4. The molecule has 37 heavy (non-hydrogen) atoms. The zero-order valence-corrected chi connectivity index (χ0v) is 21.9. The summed E-state index contributed by atoms with van der Waals surface area (Å²) >= 11 is 0. The number of aromatic nitrogens is 2. The number of rotatable bonds is 11. The maximum absolute atomic E-state index is 10.8. The Bertz CT molecular complexity index is 1210. The van der Waals surface area contributed by atoms with Gasteiger partial charge in [-0.15, -0.1) is 0 Å². The summed E-state index contributed by atoms with van der Waals surface area (Å²) in [4.78, 5) is 11.4. The van der Waals surface area contributed by atoms with Crippen molar-refractivity contribution in [1.29, 1.82) is 0 Å². The van der Waals surface area contributed by atoms with Crippen LogP contribution in [0.25, 0.3) is 17.5 Å². The van der Waals surface area contributed by atoms with Gasteiger partial charge in [-0.1, -0.05) is 38.1 Å². The van der Waals surface area contributed by atoms with Crippen molar-refractivity contribution in [3.05, 3.63) is 77.6 Å². The molecular weight excluding hydrogens is 462 g/mol. The number of benzene rings is 2. The highest BCUT2D eigenvalue weighted by Gasteiger charge is 2.26. The largest absolute Gasteiger partial charge is 0.378 e. The van der Waals surface area contributed by atoms with Gasteiger partial charge in [0.2, 0.25) is 0 Å². The van der Waals surface area contributed by atoms with Crippen LogP contribution in [0.5, 0.6) is 0 Å². The summed E-state index contributed by atoms with van der Waals surface area (Å²) in [6.07, 6.45) is 7.68. The van der Waals surface area contributed by atoms with Gasteiger partial charge in [0, 0.05) is 55.4 Å². The molecule has 0 saturated carbocycles.